The van der Waals surface area contributed by atoms with E-state index in [1.165, 1.54) is 7.11 Å². The van der Waals surface area contributed by atoms with Crippen molar-refractivity contribution in [1.29, 1.82) is 0 Å². The van der Waals surface area contributed by atoms with Crippen LogP contribution in [0.2, 0.25) is 0 Å². The molecule has 1 heterocycles. The van der Waals surface area contributed by atoms with Gasteiger partial charge in [0.05, 0.1) is 13.0 Å². The second-order valence-corrected chi connectivity index (χ2v) is 4.95. The summed E-state index contributed by atoms with van der Waals surface area (Å²) >= 11 is 0. The molecule has 5 heteroatoms. The minimum absolute atomic E-state index is 0.0253. The molecule has 0 saturated carbocycles. The molecule has 1 saturated heterocycles. The van der Waals surface area contributed by atoms with Gasteiger partial charge in [-0.25, -0.2) is 0 Å². The van der Waals surface area contributed by atoms with Gasteiger partial charge in [0, 0.05) is 12.6 Å². The van der Waals surface area contributed by atoms with Crippen LogP contribution in [0.25, 0.3) is 0 Å². The molecule has 2 N–H and O–H groups in total. The van der Waals surface area contributed by atoms with Crippen LogP contribution in [0.3, 0.4) is 0 Å². The lowest BCUT2D eigenvalue weighted by Gasteiger charge is -2.23. The van der Waals surface area contributed by atoms with E-state index in [1.807, 2.05) is 13.0 Å². The number of carboxylic acids is 1. The van der Waals surface area contributed by atoms with Crippen molar-refractivity contribution in [3.05, 3.63) is 23.8 Å². The van der Waals surface area contributed by atoms with Gasteiger partial charge in [-0.2, -0.15) is 0 Å². The Hall–Kier alpha value is -1.75. The number of benzene rings is 1. The molecule has 1 aromatic rings. The quantitative estimate of drug-likeness (QED) is 0.867. The predicted molar refractivity (Wildman–Crippen MR) is 70.3 cm³/mol. The first kappa shape index (κ1) is 13.7. The first-order valence-electron chi connectivity index (χ1n) is 6.35. The van der Waals surface area contributed by atoms with E-state index in [2.05, 4.69) is 4.90 Å². The lowest BCUT2D eigenvalue weighted by atomic mass is 10.0. The normalized spacial score (nSPS) is 23.5. The Kier molecular flexibility index (Phi) is 3.95. The van der Waals surface area contributed by atoms with Crippen molar-refractivity contribution in [2.24, 2.45) is 5.92 Å². The van der Waals surface area contributed by atoms with Gasteiger partial charge in [0.25, 0.3) is 0 Å². The fraction of sp³-hybridized carbons (Fsp3) is 0.500. The van der Waals surface area contributed by atoms with Crippen molar-refractivity contribution in [1.82, 2.24) is 4.90 Å². The minimum Gasteiger partial charge on any atom is -0.504 e. The fourth-order valence-corrected chi connectivity index (χ4v) is 2.61. The summed E-state index contributed by atoms with van der Waals surface area (Å²) in [6.45, 7) is 3.40. The standard InChI is InChI=1S/C14H19NO4/c1-9-11(14(17)18)5-6-15(9)8-10-3-4-12(16)13(7-10)19-2/h3-4,7,9,11,16H,5-6,8H2,1-2H3,(H,17,18). The number of carbonyl (C=O) groups is 1. The number of likely N-dealkylation sites (tertiary alicyclic amines) is 1. The zero-order chi connectivity index (χ0) is 14.0. The summed E-state index contributed by atoms with van der Waals surface area (Å²) in [5.41, 5.74) is 1.01. The molecule has 19 heavy (non-hydrogen) atoms. The first-order valence-corrected chi connectivity index (χ1v) is 6.35. The van der Waals surface area contributed by atoms with E-state index in [0.29, 0.717) is 18.7 Å². The molecule has 2 unspecified atom stereocenters. The Morgan fingerprint density at radius 2 is 2.26 bits per heavy atom. The summed E-state index contributed by atoms with van der Waals surface area (Å²) in [5, 5.41) is 18.7. The average Bonchev–Trinajstić information content (AvgIpc) is 2.73. The maximum absolute atomic E-state index is 11.1. The SMILES string of the molecule is COc1cc(CN2CCC(C(=O)O)C2C)ccc1O. The van der Waals surface area contributed by atoms with Gasteiger partial charge in [-0.3, -0.25) is 9.69 Å². The summed E-state index contributed by atoms with van der Waals surface area (Å²) in [6, 6.07) is 5.25. The Morgan fingerprint density at radius 1 is 1.53 bits per heavy atom. The lowest BCUT2D eigenvalue weighted by molar-refractivity contribution is -0.142. The van der Waals surface area contributed by atoms with Crippen LogP contribution in [0, 0.1) is 5.92 Å². The largest absolute Gasteiger partial charge is 0.504 e. The van der Waals surface area contributed by atoms with Crippen molar-refractivity contribution in [2.45, 2.75) is 25.9 Å². The maximum atomic E-state index is 11.1. The molecule has 2 rings (SSSR count). The highest BCUT2D eigenvalue weighted by Gasteiger charge is 2.35. The van der Waals surface area contributed by atoms with Gasteiger partial charge >= 0.3 is 5.97 Å². The summed E-state index contributed by atoms with van der Waals surface area (Å²) < 4.78 is 5.07. The molecule has 1 aromatic carbocycles. The van der Waals surface area contributed by atoms with E-state index >= 15 is 0 Å². The average molecular weight is 265 g/mol. The van der Waals surface area contributed by atoms with Gasteiger partial charge < -0.3 is 14.9 Å². The molecule has 1 fully saturated rings. The van der Waals surface area contributed by atoms with Crippen LogP contribution >= 0.6 is 0 Å². The highest BCUT2D eigenvalue weighted by molar-refractivity contribution is 5.71. The molecule has 0 aromatic heterocycles. The first-order chi connectivity index (χ1) is 9.02. The number of aliphatic carboxylic acids is 1. The van der Waals surface area contributed by atoms with Crippen molar-refractivity contribution in [3.63, 3.8) is 0 Å². The number of phenolic OH excluding ortho intramolecular Hbond substituents is 1. The molecule has 0 spiro atoms. The van der Waals surface area contributed by atoms with Gasteiger partial charge in [-0.15, -0.1) is 0 Å². The number of phenols is 1. The zero-order valence-electron chi connectivity index (χ0n) is 11.2. The number of nitrogens with zero attached hydrogens (tertiary/aromatic N) is 1. The lowest BCUT2D eigenvalue weighted by Crippen LogP contribution is -2.32. The van der Waals surface area contributed by atoms with E-state index in [1.54, 1.807) is 12.1 Å². The molecule has 1 aliphatic rings. The zero-order valence-corrected chi connectivity index (χ0v) is 11.2. The molecular formula is C14H19NO4. The minimum atomic E-state index is -0.724. The second kappa shape index (κ2) is 5.48. The highest BCUT2D eigenvalue weighted by Crippen LogP contribution is 2.30. The third kappa shape index (κ3) is 2.81. The highest BCUT2D eigenvalue weighted by atomic mass is 16.5. The van der Waals surface area contributed by atoms with Gasteiger partial charge in [-0.05, 0) is 37.6 Å². The number of hydrogen-bond acceptors (Lipinski definition) is 4. The van der Waals surface area contributed by atoms with Gasteiger partial charge in [0.1, 0.15) is 0 Å². The predicted octanol–water partition coefficient (Wildman–Crippen LogP) is 1.70. The second-order valence-electron chi connectivity index (χ2n) is 4.95. The molecule has 0 amide bonds. The monoisotopic (exact) mass is 265 g/mol. The Labute approximate surface area is 112 Å². The third-order valence-electron chi connectivity index (χ3n) is 3.83. The Balaban J connectivity index is 2.08. The Morgan fingerprint density at radius 3 is 2.84 bits per heavy atom. The van der Waals surface area contributed by atoms with Crippen LogP contribution in [0.1, 0.15) is 18.9 Å². The van der Waals surface area contributed by atoms with Gasteiger partial charge in [0.15, 0.2) is 11.5 Å². The van der Waals surface area contributed by atoms with E-state index in [-0.39, 0.29) is 17.7 Å². The van der Waals surface area contributed by atoms with Crippen molar-refractivity contribution >= 4 is 5.97 Å². The summed E-state index contributed by atoms with van der Waals surface area (Å²) in [7, 11) is 1.51. The van der Waals surface area contributed by atoms with Gasteiger partial charge in [-0.1, -0.05) is 6.07 Å². The topological polar surface area (TPSA) is 70.0 Å². The number of carboxylic acid groups (broad SMARTS) is 1. The van der Waals surface area contributed by atoms with E-state index in [4.69, 9.17) is 9.84 Å². The molecule has 1 aliphatic heterocycles. The molecule has 5 nitrogen and oxygen atoms in total. The van der Waals surface area contributed by atoms with E-state index < -0.39 is 5.97 Å². The van der Waals surface area contributed by atoms with Crippen LogP contribution < -0.4 is 4.74 Å². The van der Waals surface area contributed by atoms with Crippen LogP contribution in [-0.2, 0) is 11.3 Å². The molecule has 2 atom stereocenters. The van der Waals surface area contributed by atoms with Crippen LogP contribution in [0.4, 0.5) is 0 Å². The smallest absolute Gasteiger partial charge is 0.308 e. The molecule has 0 radical (unpaired) electrons. The summed E-state index contributed by atoms with van der Waals surface area (Å²) in [5.74, 6) is -0.458. The van der Waals surface area contributed by atoms with Crippen molar-refractivity contribution in [3.8, 4) is 11.5 Å². The molecule has 104 valence electrons. The molecule has 0 bridgehead atoms. The van der Waals surface area contributed by atoms with Crippen LogP contribution in [0.15, 0.2) is 18.2 Å². The summed E-state index contributed by atoms with van der Waals surface area (Å²) in [4.78, 5) is 13.2. The number of ether oxygens (including phenoxy) is 1. The molecular weight excluding hydrogens is 246 g/mol. The van der Waals surface area contributed by atoms with E-state index in [9.17, 15) is 9.90 Å². The summed E-state index contributed by atoms with van der Waals surface area (Å²) in [6.07, 6.45) is 0.686. The fourth-order valence-electron chi connectivity index (χ4n) is 2.61. The molecule has 0 aliphatic carbocycles. The third-order valence-corrected chi connectivity index (χ3v) is 3.83. The number of methoxy groups -OCH3 is 1. The van der Waals surface area contributed by atoms with Crippen molar-refractivity contribution in [2.75, 3.05) is 13.7 Å². The van der Waals surface area contributed by atoms with Gasteiger partial charge in [0.2, 0.25) is 0 Å². The van der Waals surface area contributed by atoms with Crippen LogP contribution in [0.5, 0.6) is 11.5 Å². The number of hydrogen-bond donors (Lipinski definition) is 2. The Bertz CT molecular complexity index is 475. The number of aromatic hydroxyl groups is 1. The van der Waals surface area contributed by atoms with Crippen LogP contribution in [-0.4, -0.2) is 40.8 Å². The maximum Gasteiger partial charge on any atom is 0.308 e. The van der Waals surface area contributed by atoms with E-state index in [0.717, 1.165) is 12.1 Å². The van der Waals surface area contributed by atoms with Crippen molar-refractivity contribution < 1.29 is 19.7 Å². The number of rotatable bonds is 4.